The van der Waals surface area contributed by atoms with Gasteiger partial charge in [-0.25, -0.2) is 13.1 Å². The van der Waals surface area contributed by atoms with Gasteiger partial charge in [0.15, 0.2) is 0 Å². The fraction of sp³-hybridized carbons (Fsp3) is 0.417. The molecule has 1 aromatic rings. The van der Waals surface area contributed by atoms with Crippen LogP contribution in [0.2, 0.25) is 0 Å². The lowest BCUT2D eigenvalue weighted by molar-refractivity contribution is -0.138. The zero-order valence-corrected chi connectivity index (χ0v) is 11.4. The van der Waals surface area contributed by atoms with Crippen molar-refractivity contribution in [2.45, 2.75) is 32.6 Å². The maximum Gasteiger partial charge on any atom is 0.321 e. The van der Waals surface area contributed by atoms with Crippen LogP contribution in [0.3, 0.4) is 0 Å². The molecule has 1 aromatic carbocycles. The molecule has 0 spiro atoms. The fourth-order valence-electron chi connectivity index (χ4n) is 1.63. The summed E-state index contributed by atoms with van der Waals surface area (Å²) in [5, 5.41) is 8.69. The molecule has 5 nitrogen and oxygen atoms in total. The van der Waals surface area contributed by atoms with Gasteiger partial charge in [-0.1, -0.05) is 18.2 Å². The highest BCUT2D eigenvalue weighted by atomic mass is 32.2. The molecular weight excluding hydrogens is 254 g/mol. The van der Waals surface area contributed by atoms with Crippen LogP contribution in [0.15, 0.2) is 18.2 Å². The van der Waals surface area contributed by atoms with Crippen molar-refractivity contribution in [3.05, 3.63) is 34.9 Å². The summed E-state index contributed by atoms with van der Waals surface area (Å²) in [6.07, 6.45) is 0. The molecule has 1 rings (SSSR count). The highest BCUT2D eigenvalue weighted by Gasteiger charge is 2.21. The first-order valence-corrected chi connectivity index (χ1v) is 7.16. The second-order valence-corrected chi connectivity index (χ2v) is 6.06. The molecule has 0 fully saturated rings. The second kappa shape index (κ2) is 5.49. The van der Waals surface area contributed by atoms with E-state index in [0.29, 0.717) is 5.56 Å². The van der Waals surface area contributed by atoms with Gasteiger partial charge in [-0.15, -0.1) is 0 Å². The Morgan fingerprint density at radius 2 is 1.83 bits per heavy atom. The predicted octanol–water partition coefficient (Wildman–Crippen LogP) is 1.20. The van der Waals surface area contributed by atoms with Crippen molar-refractivity contribution in [1.29, 1.82) is 0 Å². The predicted molar refractivity (Wildman–Crippen MR) is 68.8 cm³/mol. The van der Waals surface area contributed by atoms with E-state index >= 15 is 0 Å². The first-order chi connectivity index (χ1) is 8.23. The minimum absolute atomic E-state index is 0.205. The van der Waals surface area contributed by atoms with E-state index in [-0.39, 0.29) is 5.75 Å². The summed E-state index contributed by atoms with van der Waals surface area (Å²) in [6.45, 7) is 4.96. The van der Waals surface area contributed by atoms with Crippen LogP contribution in [0.4, 0.5) is 0 Å². The third kappa shape index (κ3) is 3.82. The Balaban J connectivity index is 2.93. The number of aryl methyl sites for hydroxylation is 2. The first-order valence-electron chi connectivity index (χ1n) is 5.51. The Morgan fingerprint density at radius 3 is 2.28 bits per heavy atom. The van der Waals surface area contributed by atoms with Gasteiger partial charge in [0, 0.05) is 0 Å². The molecule has 0 aliphatic heterocycles. The lowest BCUT2D eigenvalue weighted by Gasteiger charge is -2.13. The topological polar surface area (TPSA) is 83.5 Å². The summed E-state index contributed by atoms with van der Waals surface area (Å²) in [5.74, 6) is -1.40. The molecule has 1 atom stereocenters. The van der Waals surface area contributed by atoms with Crippen molar-refractivity contribution < 1.29 is 18.3 Å². The van der Waals surface area contributed by atoms with Crippen LogP contribution in [0.25, 0.3) is 0 Å². The van der Waals surface area contributed by atoms with Crippen molar-refractivity contribution in [2.24, 2.45) is 0 Å². The smallest absolute Gasteiger partial charge is 0.321 e. The number of carbonyl (C=O) groups is 1. The van der Waals surface area contributed by atoms with Crippen LogP contribution in [0.1, 0.15) is 23.6 Å². The van der Waals surface area contributed by atoms with Gasteiger partial charge in [0.25, 0.3) is 0 Å². The third-order valence-electron chi connectivity index (χ3n) is 2.71. The Bertz CT molecular complexity index is 531. The van der Waals surface area contributed by atoms with E-state index in [1.165, 1.54) is 6.92 Å². The summed E-state index contributed by atoms with van der Waals surface area (Å²) in [4.78, 5) is 10.6. The molecule has 0 aromatic heterocycles. The monoisotopic (exact) mass is 271 g/mol. The Labute approximate surface area is 107 Å². The average Bonchev–Trinajstić information content (AvgIpc) is 2.23. The van der Waals surface area contributed by atoms with Gasteiger partial charge in [-0.2, -0.15) is 0 Å². The molecule has 0 heterocycles. The van der Waals surface area contributed by atoms with Gasteiger partial charge in [0.05, 0.1) is 5.75 Å². The van der Waals surface area contributed by atoms with E-state index in [4.69, 9.17) is 5.11 Å². The summed E-state index contributed by atoms with van der Waals surface area (Å²) < 4.78 is 25.8. The van der Waals surface area contributed by atoms with Crippen molar-refractivity contribution in [1.82, 2.24) is 4.72 Å². The van der Waals surface area contributed by atoms with E-state index in [2.05, 4.69) is 4.72 Å². The van der Waals surface area contributed by atoms with E-state index in [9.17, 15) is 13.2 Å². The van der Waals surface area contributed by atoms with E-state index in [0.717, 1.165) is 11.1 Å². The zero-order chi connectivity index (χ0) is 13.9. The third-order valence-corrected chi connectivity index (χ3v) is 4.09. The Hall–Kier alpha value is -1.40. The van der Waals surface area contributed by atoms with Crippen LogP contribution in [-0.2, 0) is 20.6 Å². The Morgan fingerprint density at radius 1 is 1.33 bits per heavy atom. The summed E-state index contributed by atoms with van der Waals surface area (Å²) in [7, 11) is -3.65. The first kappa shape index (κ1) is 14.7. The van der Waals surface area contributed by atoms with Crippen LogP contribution < -0.4 is 4.72 Å². The highest BCUT2D eigenvalue weighted by Crippen LogP contribution is 2.16. The van der Waals surface area contributed by atoms with Crippen LogP contribution in [0, 0.1) is 13.8 Å². The number of sulfonamides is 1. The quantitative estimate of drug-likeness (QED) is 0.842. The van der Waals surface area contributed by atoms with Gasteiger partial charge >= 0.3 is 5.97 Å². The highest BCUT2D eigenvalue weighted by molar-refractivity contribution is 7.88. The van der Waals surface area contributed by atoms with E-state index in [1.807, 2.05) is 32.0 Å². The molecule has 0 saturated carbocycles. The normalized spacial score (nSPS) is 13.3. The lowest BCUT2D eigenvalue weighted by Crippen LogP contribution is -2.39. The molecule has 0 amide bonds. The van der Waals surface area contributed by atoms with Gasteiger partial charge in [-0.05, 0) is 37.5 Å². The number of carboxylic acid groups (broad SMARTS) is 1. The molecule has 0 unspecified atom stereocenters. The number of rotatable bonds is 5. The lowest BCUT2D eigenvalue weighted by atomic mass is 10.1. The Kier molecular flexibility index (Phi) is 4.48. The summed E-state index contributed by atoms with van der Waals surface area (Å²) in [6, 6.07) is 4.39. The van der Waals surface area contributed by atoms with Crippen molar-refractivity contribution in [2.75, 3.05) is 0 Å². The van der Waals surface area contributed by atoms with Crippen LogP contribution in [0.5, 0.6) is 0 Å². The van der Waals surface area contributed by atoms with Gasteiger partial charge < -0.3 is 5.11 Å². The van der Waals surface area contributed by atoms with Gasteiger partial charge in [0.2, 0.25) is 10.0 Å². The number of carboxylic acids is 1. The van der Waals surface area contributed by atoms with Gasteiger partial charge in [-0.3, -0.25) is 4.79 Å². The van der Waals surface area contributed by atoms with Crippen LogP contribution in [-0.4, -0.2) is 25.5 Å². The molecule has 0 aliphatic carbocycles. The molecule has 0 radical (unpaired) electrons. The molecule has 2 N–H and O–H groups in total. The number of hydrogen-bond donors (Lipinski definition) is 2. The number of aliphatic carboxylic acids is 1. The maximum atomic E-state index is 11.8. The molecule has 0 aliphatic rings. The molecule has 18 heavy (non-hydrogen) atoms. The molecular formula is C12H17NO4S. The van der Waals surface area contributed by atoms with Crippen molar-refractivity contribution >= 4 is 16.0 Å². The van der Waals surface area contributed by atoms with Crippen molar-refractivity contribution in [3.8, 4) is 0 Å². The minimum atomic E-state index is -3.65. The van der Waals surface area contributed by atoms with Gasteiger partial charge in [0.1, 0.15) is 6.04 Å². The van der Waals surface area contributed by atoms with Crippen LogP contribution >= 0.6 is 0 Å². The maximum absolute atomic E-state index is 11.8. The molecule has 6 heteroatoms. The summed E-state index contributed by atoms with van der Waals surface area (Å²) >= 11 is 0. The SMILES string of the molecule is Cc1cccc(C)c1CS(=O)(=O)N[C@H](C)C(=O)O. The number of hydrogen-bond acceptors (Lipinski definition) is 3. The van der Waals surface area contributed by atoms with Crippen molar-refractivity contribution in [3.63, 3.8) is 0 Å². The molecule has 0 bridgehead atoms. The number of benzene rings is 1. The molecule has 0 saturated heterocycles. The van der Waals surface area contributed by atoms with E-state index < -0.39 is 22.0 Å². The standard InChI is InChI=1S/C12H17NO4S/c1-8-5-4-6-9(2)11(8)7-18(16,17)13-10(3)12(14)15/h4-6,10,13H,7H2,1-3H3,(H,14,15)/t10-/m1/s1. The second-order valence-electron chi connectivity index (χ2n) is 4.31. The fourth-order valence-corrected chi connectivity index (χ4v) is 3.19. The average molecular weight is 271 g/mol. The zero-order valence-electron chi connectivity index (χ0n) is 10.6. The summed E-state index contributed by atoms with van der Waals surface area (Å²) in [5.41, 5.74) is 2.47. The largest absolute Gasteiger partial charge is 0.480 e. The minimum Gasteiger partial charge on any atom is -0.480 e. The molecule has 100 valence electrons. The van der Waals surface area contributed by atoms with E-state index in [1.54, 1.807) is 0 Å². The number of nitrogens with one attached hydrogen (secondary N) is 1.